The van der Waals surface area contributed by atoms with E-state index < -0.39 is 5.97 Å². The van der Waals surface area contributed by atoms with Crippen molar-refractivity contribution in [1.29, 1.82) is 0 Å². The summed E-state index contributed by atoms with van der Waals surface area (Å²) in [5.74, 6) is -1.07. The molecule has 96 valence electrons. The molecule has 3 nitrogen and oxygen atoms in total. The number of carboxylic acid groups (broad SMARTS) is 1. The molecule has 1 unspecified atom stereocenters. The molecule has 2 rings (SSSR count). The van der Waals surface area contributed by atoms with Crippen LogP contribution in [0.15, 0.2) is 42.0 Å². The van der Waals surface area contributed by atoms with Crippen molar-refractivity contribution in [1.82, 2.24) is 4.90 Å². The Morgan fingerprint density at radius 2 is 2.11 bits per heavy atom. The van der Waals surface area contributed by atoms with Gasteiger partial charge in [0.2, 0.25) is 0 Å². The highest BCUT2D eigenvalue weighted by atomic mass is 16.4. The zero-order chi connectivity index (χ0) is 13.0. The van der Waals surface area contributed by atoms with Gasteiger partial charge in [-0.3, -0.25) is 9.69 Å². The van der Waals surface area contributed by atoms with Crippen LogP contribution in [0.1, 0.15) is 18.9 Å². The Morgan fingerprint density at radius 1 is 1.39 bits per heavy atom. The van der Waals surface area contributed by atoms with E-state index in [0.29, 0.717) is 0 Å². The van der Waals surface area contributed by atoms with Gasteiger partial charge in [-0.1, -0.05) is 42.0 Å². The SMILES string of the molecule is CC(C(=O)O)C1=CCN(Cc2ccccc2)CC1. The summed E-state index contributed by atoms with van der Waals surface area (Å²) in [6, 6.07) is 10.4. The monoisotopic (exact) mass is 245 g/mol. The van der Waals surface area contributed by atoms with E-state index in [9.17, 15) is 4.79 Å². The van der Waals surface area contributed by atoms with Crippen LogP contribution in [-0.2, 0) is 11.3 Å². The lowest BCUT2D eigenvalue weighted by Gasteiger charge is -2.27. The van der Waals surface area contributed by atoms with E-state index in [1.54, 1.807) is 6.92 Å². The number of aliphatic carboxylic acids is 1. The predicted molar refractivity (Wildman–Crippen MR) is 71.2 cm³/mol. The molecule has 0 radical (unpaired) electrons. The van der Waals surface area contributed by atoms with Gasteiger partial charge in [-0.2, -0.15) is 0 Å². The molecule has 0 fully saturated rings. The van der Waals surface area contributed by atoms with E-state index >= 15 is 0 Å². The molecule has 1 aliphatic rings. The largest absolute Gasteiger partial charge is 0.481 e. The summed E-state index contributed by atoms with van der Waals surface area (Å²) >= 11 is 0. The molecule has 1 aliphatic heterocycles. The van der Waals surface area contributed by atoms with Crippen molar-refractivity contribution in [2.75, 3.05) is 13.1 Å². The van der Waals surface area contributed by atoms with Gasteiger partial charge in [0.1, 0.15) is 0 Å². The molecule has 1 heterocycles. The third-order valence-corrected chi connectivity index (χ3v) is 3.50. The Kier molecular flexibility index (Phi) is 4.15. The average molecular weight is 245 g/mol. The summed E-state index contributed by atoms with van der Waals surface area (Å²) < 4.78 is 0. The Hall–Kier alpha value is -1.61. The Morgan fingerprint density at radius 3 is 2.67 bits per heavy atom. The summed E-state index contributed by atoms with van der Waals surface area (Å²) in [7, 11) is 0. The van der Waals surface area contributed by atoms with Gasteiger partial charge in [0.25, 0.3) is 0 Å². The van der Waals surface area contributed by atoms with Crippen molar-refractivity contribution in [3.05, 3.63) is 47.5 Å². The molecular weight excluding hydrogens is 226 g/mol. The van der Waals surface area contributed by atoms with Gasteiger partial charge in [0.05, 0.1) is 5.92 Å². The Balaban J connectivity index is 1.92. The smallest absolute Gasteiger partial charge is 0.310 e. The van der Waals surface area contributed by atoms with Gasteiger partial charge in [-0.25, -0.2) is 0 Å². The lowest BCUT2D eigenvalue weighted by Crippen LogP contribution is -2.30. The maximum Gasteiger partial charge on any atom is 0.310 e. The maximum absolute atomic E-state index is 10.9. The van der Waals surface area contributed by atoms with Crippen LogP contribution in [0, 0.1) is 5.92 Å². The highest BCUT2D eigenvalue weighted by Gasteiger charge is 2.20. The normalized spacial score (nSPS) is 18.2. The van der Waals surface area contributed by atoms with Crippen LogP contribution in [0.5, 0.6) is 0 Å². The maximum atomic E-state index is 10.9. The van der Waals surface area contributed by atoms with E-state index in [2.05, 4.69) is 23.1 Å². The minimum absolute atomic E-state index is 0.344. The topological polar surface area (TPSA) is 40.5 Å². The van der Waals surface area contributed by atoms with E-state index in [0.717, 1.165) is 31.6 Å². The molecule has 3 heteroatoms. The number of rotatable bonds is 4. The van der Waals surface area contributed by atoms with Crippen LogP contribution in [0.3, 0.4) is 0 Å². The van der Waals surface area contributed by atoms with E-state index in [4.69, 9.17) is 5.11 Å². The molecule has 0 bridgehead atoms. The van der Waals surface area contributed by atoms with Gasteiger partial charge in [0, 0.05) is 19.6 Å². The summed E-state index contributed by atoms with van der Waals surface area (Å²) in [4.78, 5) is 13.3. The van der Waals surface area contributed by atoms with Crippen LogP contribution >= 0.6 is 0 Å². The first kappa shape index (κ1) is 12.8. The third-order valence-electron chi connectivity index (χ3n) is 3.50. The molecule has 1 aromatic carbocycles. The fourth-order valence-electron chi connectivity index (χ4n) is 2.26. The second-order valence-corrected chi connectivity index (χ2v) is 4.81. The van der Waals surface area contributed by atoms with Crippen LogP contribution in [0.2, 0.25) is 0 Å². The minimum Gasteiger partial charge on any atom is -0.481 e. The molecule has 0 aliphatic carbocycles. The fraction of sp³-hybridized carbons (Fsp3) is 0.400. The van der Waals surface area contributed by atoms with Crippen molar-refractivity contribution in [2.45, 2.75) is 19.9 Å². The molecule has 18 heavy (non-hydrogen) atoms. The number of carbonyl (C=O) groups is 1. The number of hydrogen-bond donors (Lipinski definition) is 1. The first-order chi connectivity index (χ1) is 8.66. The van der Waals surface area contributed by atoms with Crippen molar-refractivity contribution in [3.63, 3.8) is 0 Å². The van der Waals surface area contributed by atoms with E-state index in [-0.39, 0.29) is 5.92 Å². The molecule has 1 atom stereocenters. The van der Waals surface area contributed by atoms with Gasteiger partial charge >= 0.3 is 5.97 Å². The van der Waals surface area contributed by atoms with Crippen molar-refractivity contribution < 1.29 is 9.90 Å². The quantitative estimate of drug-likeness (QED) is 0.829. The molecule has 1 N–H and O–H groups in total. The van der Waals surface area contributed by atoms with Gasteiger partial charge in [0.15, 0.2) is 0 Å². The summed E-state index contributed by atoms with van der Waals surface area (Å²) in [6.45, 7) is 4.49. The van der Waals surface area contributed by atoms with Crippen LogP contribution < -0.4 is 0 Å². The molecular formula is C15H19NO2. The predicted octanol–water partition coefficient (Wildman–Crippen LogP) is 2.54. The fourth-order valence-corrected chi connectivity index (χ4v) is 2.26. The van der Waals surface area contributed by atoms with Crippen molar-refractivity contribution in [3.8, 4) is 0 Å². The first-order valence-corrected chi connectivity index (χ1v) is 6.35. The van der Waals surface area contributed by atoms with Crippen molar-refractivity contribution >= 4 is 5.97 Å². The molecule has 0 aromatic heterocycles. The Bertz CT molecular complexity index is 439. The number of benzene rings is 1. The van der Waals surface area contributed by atoms with E-state index in [1.165, 1.54) is 5.56 Å². The molecule has 0 saturated heterocycles. The standard InChI is InChI=1S/C15H19NO2/c1-12(15(17)18)14-7-9-16(10-8-14)11-13-5-3-2-4-6-13/h2-7,12H,8-11H2,1H3,(H,17,18). The molecule has 1 aromatic rings. The lowest BCUT2D eigenvalue weighted by atomic mass is 9.95. The highest BCUT2D eigenvalue weighted by molar-refractivity contribution is 5.73. The zero-order valence-corrected chi connectivity index (χ0v) is 10.7. The molecule has 0 saturated carbocycles. The third kappa shape index (κ3) is 3.20. The first-order valence-electron chi connectivity index (χ1n) is 6.35. The molecule has 0 spiro atoms. The number of carboxylic acids is 1. The number of nitrogens with zero attached hydrogens (tertiary/aromatic N) is 1. The summed E-state index contributed by atoms with van der Waals surface area (Å²) in [6.07, 6.45) is 2.94. The zero-order valence-electron chi connectivity index (χ0n) is 10.7. The summed E-state index contributed by atoms with van der Waals surface area (Å²) in [5, 5.41) is 8.98. The second kappa shape index (κ2) is 5.83. The second-order valence-electron chi connectivity index (χ2n) is 4.81. The van der Waals surface area contributed by atoms with Gasteiger partial charge in [-0.05, 0) is 18.9 Å². The van der Waals surface area contributed by atoms with Crippen LogP contribution in [0.4, 0.5) is 0 Å². The van der Waals surface area contributed by atoms with Crippen LogP contribution in [-0.4, -0.2) is 29.1 Å². The molecule has 0 amide bonds. The van der Waals surface area contributed by atoms with Crippen molar-refractivity contribution in [2.24, 2.45) is 5.92 Å². The lowest BCUT2D eigenvalue weighted by molar-refractivity contribution is -0.139. The average Bonchev–Trinajstić information content (AvgIpc) is 2.40. The highest BCUT2D eigenvalue weighted by Crippen LogP contribution is 2.20. The van der Waals surface area contributed by atoms with Crippen LogP contribution in [0.25, 0.3) is 0 Å². The van der Waals surface area contributed by atoms with Gasteiger partial charge < -0.3 is 5.11 Å². The summed E-state index contributed by atoms with van der Waals surface area (Å²) in [5.41, 5.74) is 2.37. The minimum atomic E-state index is -0.724. The van der Waals surface area contributed by atoms with Gasteiger partial charge in [-0.15, -0.1) is 0 Å². The number of hydrogen-bond acceptors (Lipinski definition) is 2. The van der Waals surface area contributed by atoms with E-state index in [1.807, 2.05) is 18.2 Å². The Labute approximate surface area is 108 Å².